The minimum absolute atomic E-state index is 0.342. The van der Waals surface area contributed by atoms with Crippen LogP contribution in [0.15, 0.2) is 12.1 Å². The molecular formula is C12H12F3NO3. The molecule has 104 valence electrons. The summed E-state index contributed by atoms with van der Waals surface area (Å²) >= 11 is 0. The Morgan fingerprint density at radius 2 is 1.74 bits per heavy atom. The number of carboxylic acid groups (broad SMARTS) is 1. The lowest BCUT2D eigenvalue weighted by atomic mass is 9.95. The molecule has 1 rings (SSSR count). The number of hydrogen-bond donors (Lipinski definition) is 2. The van der Waals surface area contributed by atoms with Crippen molar-refractivity contribution in [2.45, 2.75) is 13.8 Å². The molecule has 0 saturated carbocycles. The first-order valence-corrected chi connectivity index (χ1v) is 5.42. The van der Waals surface area contributed by atoms with E-state index in [2.05, 4.69) is 0 Å². The second-order valence-corrected chi connectivity index (χ2v) is 4.15. The number of hydrogen-bond acceptors (Lipinski definition) is 2. The molecule has 1 aromatic carbocycles. The van der Waals surface area contributed by atoms with Crippen LogP contribution in [0, 0.1) is 29.3 Å². The van der Waals surface area contributed by atoms with Gasteiger partial charge in [0.2, 0.25) is 5.91 Å². The summed E-state index contributed by atoms with van der Waals surface area (Å²) in [6.45, 7) is 2.62. The summed E-state index contributed by atoms with van der Waals surface area (Å²) in [5, 5.41) is 10.7. The van der Waals surface area contributed by atoms with Crippen molar-refractivity contribution in [3.8, 4) is 0 Å². The maximum absolute atomic E-state index is 13.3. The number of benzene rings is 1. The molecule has 0 aromatic heterocycles. The molecule has 0 aliphatic heterocycles. The predicted octanol–water partition coefficient (Wildman–Crippen LogP) is 2.40. The number of aliphatic carboxylic acids is 1. The number of carboxylic acids is 1. The fourth-order valence-corrected chi connectivity index (χ4v) is 1.33. The summed E-state index contributed by atoms with van der Waals surface area (Å²) in [5.74, 6) is -7.91. The molecule has 19 heavy (non-hydrogen) atoms. The van der Waals surface area contributed by atoms with Crippen molar-refractivity contribution in [3.63, 3.8) is 0 Å². The van der Waals surface area contributed by atoms with E-state index in [0.717, 1.165) is 0 Å². The molecule has 0 saturated heterocycles. The zero-order valence-corrected chi connectivity index (χ0v) is 10.2. The van der Waals surface area contributed by atoms with Crippen LogP contribution in [0.3, 0.4) is 0 Å². The van der Waals surface area contributed by atoms with E-state index in [-0.39, 0.29) is 0 Å². The van der Waals surface area contributed by atoms with Crippen LogP contribution in [0.5, 0.6) is 0 Å². The smallest absolute Gasteiger partial charge is 0.307 e. The number of anilines is 1. The highest BCUT2D eigenvalue weighted by molar-refractivity contribution is 5.94. The van der Waals surface area contributed by atoms with E-state index in [9.17, 15) is 22.8 Å². The van der Waals surface area contributed by atoms with Gasteiger partial charge >= 0.3 is 5.97 Å². The molecule has 2 N–H and O–H groups in total. The van der Waals surface area contributed by atoms with Crippen molar-refractivity contribution in [2.24, 2.45) is 11.8 Å². The summed E-state index contributed by atoms with van der Waals surface area (Å²) in [6.07, 6.45) is 0. The SMILES string of the molecule is CC(C(=O)O)C(C)C(=O)Nc1cc(F)cc(F)c1F. The van der Waals surface area contributed by atoms with Gasteiger partial charge in [-0.25, -0.2) is 13.2 Å². The van der Waals surface area contributed by atoms with Crippen LogP contribution >= 0.6 is 0 Å². The number of carbonyl (C=O) groups excluding carboxylic acids is 1. The van der Waals surface area contributed by atoms with Crippen LogP contribution in [-0.2, 0) is 9.59 Å². The molecule has 0 bridgehead atoms. The van der Waals surface area contributed by atoms with E-state index in [0.29, 0.717) is 12.1 Å². The quantitative estimate of drug-likeness (QED) is 0.829. The van der Waals surface area contributed by atoms with Crippen molar-refractivity contribution in [2.75, 3.05) is 5.32 Å². The van der Waals surface area contributed by atoms with Gasteiger partial charge in [-0.1, -0.05) is 13.8 Å². The van der Waals surface area contributed by atoms with Crippen molar-refractivity contribution in [1.82, 2.24) is 0 Å². The molecule has 0 aliphatic carbocycles. The van der Waals surface area contributed by atoms with Crippen molar-refractivity contribution >= 4 is 17.6 Å². The lowest BCUT2D eigenvalue weighted by molar-refractivity contribution is -0.145. The van der Waals surface area contributed by atoms with E-state index < -0.39 is 46.9 Å². The Hall–Kier alpha value is -2.05. The maximum atomic E-state index is 13.3. The first kappa shape index (κ1) is 15.0. The van der Waals surface area contributed by atoms with Crippen LogP contribution in [-0.4, -0.2) is 17.0 Å². The van der Waals surface area contributed by atoms with Gasteiger partial charge in [-0.15, -0.1) is 0 Å². The summed E-state index contributed by atoms with van der Waals surface area (Å²) in [7, 11) is 0. The Labute approximate surface area is 107 Å². The fourth-order valence-electron chi connectivity index (χ4n) is 1.33. The van der Waals surface area contributed by atoms with Gasteiger partial charge in [0.25, 0.3) is 0 Å². The standard InChI is InChI=1S/C12H12F3NO3/c1-5(6(2)12(18)19)11(17)16-9-4-7(13)3-8(14)10(9)15/h3-6H,1-2H3,(H,16,17)(H,18,19). The third kappa shape index (κ3) is 3.46. The maximum Gasteiger partial charge on any atom is 0.307 e. The van der Waals surface area contributed by atoms with Crippen molar-refractivity contribution < 1.29 is 27.9 Å². The van der Waals surface area contributed by atoms with Crippen LogP contribution in [0.2, 0.25) is 0 Å². The molecule has 0 heterocycles. The number of amides is 1. The highest BCUT2D eigenvalue weighted by atomic mass is 19.2. The molecule has 2 atom stereocenters. The van der Waals surface area contributed by atoms with Gasteiger partial charge in [0.15, 0.2) is 11.6 Å². The number of carbonyl (C=O) groups is 2. The van der Waals surface area contributed by atoms with Gasteiger partial charge in [-0.05, 0) is 0 Å². The van der Waals surface area contributed by atoms with Crippen LogP contribution < -0.4 is 5.32 Å². The van der Waals surface area contributed by atoms with Gasteiger partial charge in [-0.2, -0.15) is 0 Å². The molecule has 0 spiro atoms. The van der Waals surface area contributed by atoms with Gasteiger partial charge in [-0.3, -0.25) is 9.59 Å². The van der Waals surface area contributed by atoms with Gasteiger partial charge in [0.05, 0.1) is 11.6 Å². The molecule has 1 amide bonds. The molecule has 0 fully saturated rings. The largest absolute Gasteiger partial charge is 0.481 e. The molecular weight excluding hydrogens is 263 g/mol. The topological polar surface area (TPSA) is 66.4 Å². The van der Waals surface area contributed by atoms with Crippen molar-refractivity contribution in [3.05, 3.63) is 29.6 Å². The number of nitrogens with one attached hydrogen (secondary N) is 1. The van der Waals surface area contributed by atoms with E-state index in [1.54, 1.807) is 0 Å². The molecule has 0 radical (unpaired) electrons. The Morgan fingerprint density at radius 3 is 2.26 bits per heavy atom. The Balaban J connectivity index is 2.91. The number of rotatable bonds is 4. The predicted molar refractivity (Wildman–Crippen MR) is 60.9 cm³/mol. The van der Waals surface area contributed by atoms with Crippen LogP contribution in [0.25, 0.3) is 0 Å². The second kappa shape index (κ2) is 5.73. The van der Waals surface area contributed by atoms with Gasteiger partial charge in [0, 0.05) is 18.1 Å². The monoisotopic (exact) mass is 275 g/mol. The summed E-state index contributed by atoms with van der Waals surface area (Å²) < 4.78 is 39.1. The molecule has 0 aliphatic rings. The lowest BCUT2D eigenvalue weighted by Gasteiger charge is -2.16. The molecule has 7 heteroatoms. The van der Waals surface area contributed by atoms with E-state index >= 15 is 0 Å². The minimum atomic E-state index is -1.44. The normalized spacial score (nSPS) is 13.7. The summed E-state index contributed by atoms with van der Waals surface area (Å²) in [4.78, 5) is 22.3. The number of halogens is 3. The average Bonchev–Trinajstić information content (AvgIpc) is 2.33. The van der Waals surface area contributed by atoms with Crippen LogP contribution in [0.4, 0.5) is 18.9 Å². The first-order chi connectivity index (χ1) is 8.73. The van der Waals surface area contributed by atoms with E-state index in [4.69, 9.17) is 5.11 Å². The van der Waals surface area contributed by atoms with Gasteiger partial charge in [0.1, 0.15) is 5.82 Å². The van der Waals surface area contributed by atoms with Gasteiger partial charge < -0.3 is 10.4 Å². The van der Waals surface area contributed by atoms with E-state index in [1.165, 1.54) is 13.8 Å². The molecule has 2 unspecified atom stereocenters. The Kier molecular flexibility index (Phi) is 4.52. The van der Waals surface area contributed by atoms with Crippen molar-refractivity contribution in [1.29, 1.82) is 0 Å². The summed E-state index contributed by atoms with van der Waals surface area (Å²) in [6, 6.07) is 0.961. The molecule has 1 aromatic rings. The minimum Gasteiger partial charge on any atom is -0.481 e. The Bertz CT molecular complexity index is 519. The first-order valence-electron chi connectivity index (χ1n) is 5.42. The lowest BCUT2D eigenvalue weighted by Crippen LogP contribution is -2.30. The highest BCUT2D eigenvalue weighted by Gasteiger charge is 2.26. The highest BCUT2D eigenvalue weighted by Crippen LogP contribution is 2.21. The average molecular weight is 275 g/mol. The van der Waals surface area contributed by atoms with E-state index in [1.807, 2.05) is 5.32 Å². The Morgan fingerprint density at radius 1 is 1.16 bits per heavy atom. The molecule has 4 nitrogen and oxygen atoms in total. The summed E-state index contributed by atoms with van der Waals surface area (Å²) in [5.41, 5.74) is -0.660. The third-order valence-electron chi connectivity index (χ3n) is 2.80. The zero-order valence-electron chi connectivity index (χ0n) is 10.2. The zero-order chi connectivity index (χ0) is 14.7. The van der Waals surface area contributed by atoms with Crippen LogP contribution in [0.1, 0.15) is 13.8 Å². The fraction of sp³-hybridized carbons (Fsp3) is 0.333. The third-order valence-corrected chi connectivity index (χ3v) is 2.80. The second-order valence-electron chi connectivity index (χ2n) is 4.15.